The molecule has 0 aromatic carbocycles. The second kappa shape index (κ2) is 12.8. The van der Waals surface area contributed by atoms with Gasteiger partial charge in [-0.25, -0.2) is 14.4 Å². The molecule has 3 heterocycles. The van der Waals surface area contributed by atoms with E-state index in [9.17, 15) is 19.1 Å². The van der Waals surface area contributed by atoms with Gasteiger partial charge in [-0.15, -0.1) is 0 Å². The number of fused-ring (bicyclic) bond motifs is 1. The van der Waals surface area contributed by atoms with E-state index in [1.807, 2.05) is 36.7 Å². The van der Waals surface area contributed by atoms with Crippen LogP contribution in [0.3, 0.4) is 0 Å². The molecule has 1 aliphatic carbocycles. The smallest absolute Gasteiger partial charge is 0.255 e. The fraction of sp³-hybridized carbons (Fsp3) is 0.533. The number of nitrogens with one attached hydrogen (secondary N) is 3. The third-order valence-corrected chi connectivity index (χ3v) is 7.31. The van der Waals surface area contributed by atoms with Crippen molar-refractivity contribution in [3.05, 3.63) is 47.9 Å². The summed E-state index contributed by atoms with van der Waals surface area (Å²) in [5.41, 5.74) is 0.882. The molecular weight excluding hydrogens is 511 g/mol. The number of carbonyl (C=O) groups is 2. The Kier molecular flexibility index (Phi) is 9.40. The highest BCUT2D eigenvalue weighted by Gasteiger charge is 2.27. The number of aliphatic hydroxyl groups is 1. The quantitative estimate of drug-likeness (QED) is 0.274. The summed E-state index contributed by atoms with van der Waals surface area (Å²) in [6.45, 7) is 6.74. The number of aromatic nitrogens is 3. The standard InChI is InChI=1S/C30H41FN6O3/c1-19(2)36-24-14-26(32-17-23(24)29(39)35-18-25(31)30(3,4)40)37-11-10-22-12-21(16-34-28(22)37)15-33-27(38)13-20-8-6-5-7-9-20/h10-12,14,16-17,19-20,25,40H,5-9,13,15,18H2,1-4H3,(H,32,36)(H,33,38)(H,35,39). The van der Waals surface area contributed by atoms with Gasteiger partial charge in [-0.05, 0) is 64.2 Å². The van der Waals surface area contributed by atoms with Crippen LogP contribution in [0.25, 0.3) is 16.9 Å². The van der Waals surface area contributed by atoms with Gasteiger partial charge in [-0.3, -0.25) is 14.2 Å². The van der Waals surface area contributed by atoms with E-state index < -0.39 is 17.7 Å². The predicted molar refractivity (Wildman–Crippen MR) is 154 cm³/mol. The number of carbonyl (C=O) groups excluding carboxylic acids is 2. The zero-order valence-electron chi connectivity index (χ0n) is 23.8. The second-order valence-corrected chi connectivity index (χ2v) is 11.6. The average molecular weight is 553 g/mol. The Morgan fingerprint density at radius 2 is 1.88 bits per heavy atom. The van der Waals surface area contributed by atoms with E-state index in [2.05, 4.69) is 25.9 Å². The van der Waals surface area contributed by atoms with Crippen molar-refractivity contribution in [2.45, 2.75) is 90.6 Å². The molecule has 40 heavy (non-hydrogen) atoms. The summed E-state index contributed by atoms with van der Waals surface area (Å²) in [5, 5.41) is 19.6. The molecule has 1 aliphatic rings. The molecule has 0 spiro atoms. The molecule has 0 saturated heterocycles. The van der Waals surface area contributed by atoms with Gasteiger partial charge in [0.15, 0.2) is 0 Å². The number of anilines is 1. The SMILES string of the molecule is CC(C)Nc1cc(-n2ccc3cc(CNC(=O)CC4CCCCC4)cnc32)ncc1C(=O)NCC(F)C(C)(C)O. The zero-order chi connectivity index (χ0) is 28.9. The Labute approximate surface area is 235 Å². The summed E-state index contributed by atoms with van der Waals surface area (Å²) in [6.07, 6.45) is 10.0. The summed E-state index contributed by atoms with van der Waals surface area (Å²) < 4.78 is 16.0. The lowest BCUT2D eigenvalue weighted by molar-refractivity contribution is -0.122. The van der Waals surface area contributed by atoms with Gasteiger partial charge >= 0.3 is 0 Å². The minimum atomic E-state index is -1.61. The third kappa shape index (κ3) is 7.56. The third-order valence-electron chi connectivity index (χ3n) is 7.31. The molecule has 0 bridgehead atoms. The van der Waals surface area contributed by atoms with E-state index in [1.54, 1.807) is 12.3 Å². The molecule has 216 valence electrons. The Hall–Kier alpha value is -3.53. The molecule has 0 radical (unpaired) electrons. The van der Waals surface area contributed by atoms with Gasteiger partial charge in [0.2, 0.25) is 5.91 Å². The van der Waals surface area contributed by atoms with Crippen LogP contribution in [0.1, 0.15) is 82.1 Å². The van der Waals surface area contributed by atoms with Gasteiger partial charge < -0.3 is 21.1 Å². The van der Waals surface area contributed by atoms with Crippen molar-refractivity contribution in [2.75, 3.05) is 11.9 Å². The van der Waals surface area contributed by atoms with Crippen LogP contribution < -0.4 is 16.0 Å². The average Bonchev–Trinajstić information content (AvgIpc) is 3.33. The van der Waals surface area contributed by atoms with E-state index >= 15 is 0 Å². The first kappa shape index (κ1) is 29.5. The van der Waals surface area contributed by atoms with Gasteiger partial charge in [0, 0.05) is 49.1 Å². The molecular formula is C30H41FN6O3. The Morgan fingerprint density at radius 3 is 2.58 bits per heavy atom. The Morgan fingerprint density at radius 1 is 1.12 bits per heavy atom. The minimum Gasteiger partial charge on any atom is -0.387 e. The first-order chi connectivity index (χ1) is 19.0. The maximum Gasteiger partial charge on any atom is 0.255 e. The largest absolute Gasteiger partial charge is 0.387 e. The summed E-state index contributed by atoms with van der Waals surface area (Å²) in [4.78, 5) is 34.4. The van der Waals surface area contributed by atoms with Crippen molar-refractivity contribution in [2.24, 2.45) is 5.92 Å². The summed E-state index contributed by atoms with van der Waals surface area (Å²) in [7, 11) is 0. The van der Waals surface area contributed by atoms with E-state index in [0.717, 1.165) is 23.8 Å². The molecule has 10 heteroatoms. The number of hydrogen-bond acceptors (Lipinski definition) is 6. The second-order valence-electron chi connectivity index (χ2n) is 11.6. The number of rotatable bonds is 11. The molecule has 3 aromatic rings. The van der Waals surface area contributed by atoms with E-state index in [1.165, 1.54) is 39.3 Å². The van der Waals surface area contributed by atoms with E-state index in [-0.39, 0.29) is 24.1 Å². The molecule has 1 fully saturated rings. The van der Waals surface area contributed by atoms with Gasteiger partial charge in [0.1, 0.15) is 17.6 Å². The van der Waals surface area contributed by atoms with E-state index in [4.69, 9.17) is 0 Å². The van der Waals surface area contributed by atoms with Crippen molar-refractivity contribution in [1.29, 1.82) is 0 Å². The molecule has 2 amide bonds. The number of hydrogen-bond donors (Lipinski definition) is 4. The minimum absolute atomic E-state index is 0.0301. The number of amides is 2. The Balaban J connectivity index is 1.47. The maximum absolute atomic E-state index is 14.2. The van der Waals surface area contributed by atoms with Crippen molar-refractivity contribution in [3.8, 4) is 5.82 Å². The van der Waals surface area contributed by atoms with Gasteiger partial charge in [-0.2, -0.15) is 0 Å². The fourth-order valence-electron chi connectivity index (χ4n) is 4.99. The number of alkyl halides is 1. The van der Waals surface area contributed by atoms with Crippen LogP contribution in [-0.2, 0) is 11.3 Å². The molecule has 1 unspecified atom stereocenters. The molecule has 1 atom stereocenters. The number of halogens is 1. The molecule has 4 N–H and O–H groups in total. The van der Waals surface area contributed by atoms with Gasteiger partial charge in [-0.1, -0.05) is 19.3 Å². The van der Waals surface area contributed by atoms with Crippen LogP contribution in [0.2, 0.25) is 0 Å². The van der Waals surface area contributed by atoms with Crippen LogP contribution in [0.15, 0.2) is 36.8 Å². The van der Waals surface area contributed by atoms with Crippen LogP contribution in [0.4, 0.5) is 10.1 Å². The first-order valence-corrected chi connectivity index (χ1v) is 14.2. The van der Waals surface area contributed by atoms with Crippen molar-refractivity contribution in [3.63, 3.8) is 0 Å². The molecule has 0 aliphatic heterocycles. The first-order valence-electron chi connectivity index (χ1n) is 14.2. The molecule has 3 aromatic heterocycles. The predicted octanol–water partition coefficient (Wildman–Crippen LogP) is 4.67. The monoisotopic (exact) mass is 552 g/mol. The summed E-state index contributed by atoms with van der Waals surface area (Å²) >= 11 is 0. The van der Waals surface area contributed by atoms with Crippen molar-refractivity contribution >= 4 is 28.5 Å². The number of pyridine rings is 2. The van der Waals surface area contributed by atoms with Crippen molar-refractivity contribution < 1.29 is 19.1 Å². The lowest BCUT2D eigenvalue weighted by atomic mass is 9.87. The molecule has 1 saturated carbocycles. The van der Waals surface area contributed by atoms with Crippen LogP contribution in [0.5, 0.6) is 0 Å². The maximum atomic E-state index is 14.2. The fourth-order valence-corrected chi connectivity index (χ4v) is 4.99. The molecule has 9 nitrogen and oxygen atoms in total. The van der Waals surface area contributed by atoms with Gasteiger partial charge in [0.05, 0.1) is 23.4 Å². The Bertz CT molecular complexity index is 1330. The van der Waals surface area contributed by atoms with Crippen LogP contribution in [-0.4, -0.2) is 55.8 Å². The summed E-state index contributed by atoms with van der Waals surface area (Å²) in [5.74, 6) is 0.664. The summed E-state index contributed by atoms with van der Waals surface area (Å²) in [6, 6.07) is 5.73. The highest BCUT2D eigenvalue weighted by molar-refractivity contribution is 5.99. The van der Waals surface area contributed by atoms with Gasteiger partial charge in [0.25, 0.3) is 5.91 Å². The number of nitrogens with zero attached hydrogens (tertiary/aromatic N) is 3. The van der Waals surface area contributed by atoms with Crippen molar-refractivity contribution in [1.82, 2.24) is 25.2 Å². The topological polar surface area (TPSA) is 121 Å². The van der Waals surface area contributed by atoms with E-state index in [0.29, 0.717) is 36.0 Å². The van der Waals surface area contributed by atoms with Crippen LogP contribution in [0, 0.1) is 5.92 Å². The van der Waals surface area contributed by atoms with Crippen LogP contribution >= 0.6 is 0 Å². The lowest BCUT2D eigenvalue weighted by Crippen LogP contribution is -2.42. The highest BCUT2D eigenvalue weighted by Crippen LogP contribution is 2.26. The zero-order valence-corrected chi connectivity index (χ0v) is 23.8. The highest BCUT2D eigenvalue weighted by atomic mass is 19.1. The molecule has 4 rings (SSSR count). The normalized spacial score (nSPS) is 15.3. The lowest BCUT2D eigenvalue weighted by Gasteiger charge is -2.23.